The maximum Gasteiger partial charge on any atom is 0.341 e. The maximum atomic E-state index is 12.4. The number of carboxylic acids is 1. The Labute approximate surface area is 152 Å². The van der Waals surface area contributed by atoms with E-state index >= 15 is 0 Å². The van der Waals surface area contributed by atoms with E-state index in [9.17, 15) is 14.4 Å². The Morgan fingerprint density at radius 1 is 1.42 bits per heavy atom. The molecular weight excluding hydrogens is 398 g/mol. The van der Waals surface area contributed by atoms with Gasteiger partial charge in [0.25, 0.3) is 11.1 Å². The number of ether oxygens (including phenoxy) is 1. The van der Waals surface area contributed by atoms with Crippen molar-refractivity contribution in [1.29, 1.82) is 0 Å². The standard InChI is InChI=1S/C16H16BrNO5S/c1-2-3-6-18-15(21)13(24-16(18)22)8-10-7-11(17)4-5-12(10)23-9-14(19)20/h4-5,7-8H,2-3,6,9H2,1H3,(H,19,20)/b13-8-. The number of carbonyl (C=O) groups excluding carboxylic acids is 2. The number of hydrogen-bond donors (Lipinski definition) is 1. The molecule has 1 N–H and O–H groups in total. The van der Waals surface area contributed by atoms with Crippen LogP contribution >= 0.6 is 27.7 Å². The largest absolute Gasteiger partial charge is 0.481 e. The molecule has 6 nitrogen and oxygen atoms in total. The molecule has 0 atom stereocenters. The Hall–Kier alpha value is -1.80. The molecule has 2 amide bonds. The average molecular weight is 414 g/mol. The first-order valence-electron chi connectivity index (χ1n) is 7.32. The van der Waals surface area contributed by atoms with Crippen LogP contribution in [0.25, 0.3) is 6.08 Å². The van der Waals surface area contributed by atoms with Gasteiger partial charge < -0.3 is 9.84 Å². The molecule has 0 aromatic heterocycles. The average Bonchev–Trinajstić information content (AvgIpc) is 2.78. The summed E-state index contributed by atoms with van der Waals surface area (Å²) in [7, 11) is 0. The highest BCUT2D eigenvalue weighted by molar-refractivity contribution is 9.10. The van der Waals surface area contributed by atoms with E-state index < -0.39 is 12.6 Å². The van der Waals surface area contributed by atoms with Crippen LogP contribution in [0.1, 0.15) is 25.3 Å². The van der Waals surface area contributed by atoms with Crippen molar-refractivity contribution in [3.63, 3.8) is 0 Å². The van der Waals surface area contributed by atoms with Crippen molar-refractivity contribution in [1.82, 2.24) is 4.90 Å². The van der Waals surface area contributed by atoms with Gasteiger partial charge in [-0.25, -0.2) is 4.79 Å². The predicted octanol–water partition coefficient (Wildman–Crippen LogP) is 3.75. The monoisotopic (exact) mass is 413 g/mol. The first-order valence-corrected chi connectivity index (χ1v) is 8.92. The number of imide groups is 1. The fraction of sp³-hybridized carbons (Fsp3) is 0.312. The van der Waals surface area contributed by atoms with Crippen molar-refractivity contribution in [3.05, 3.63) is 33.1 Å². The summed E-state index contributed by atoms with van der Waals surface area (Å²) < 4.78 is 5.99. The fourth-order valence-corrected chi connectivity index (χ4v) is 3.29. The van der Waals surface area contributed by atoms with Crippen molar-refractivity contribution in [2.24, 2.45) is 0 Å². The summed E-state index contributed by atoms with van der Waals surface area (Å²) in [5.41, 5.74) is 0.534. The number of nitrogens with zero attached hydrogens (tertiary/aromatic N) is 1. The molecule has 0 aliphatic carbocycles. The lowest BCUT2D eigenvalue weighted by Gasteiger charge is -2.11. The Bertz CT molecular complexity index is 704. The van der Waals surface area contributed by atoms with E-state index in [4.69, 9.17) is 9.84 Å². The number of thioether (sulfide) groups is 1. The van der Waals surface area contributed by atoms with Gasteiger partial charge in [0, 0.05) is 16.6 Å². The van der Waals surface area contributed by atoms with Crippen LogP contribution in [0.2, 0.25) is 0 Å². The minimum atomic E-state index is -1.09. The van der Waals surface area contributed by atoms with Crippen LogP contribution < -0.4 is 4.74 Å². The van der Waals surface area contributed by atoms with Gasteiger partial charge in [0.15, 0.2) is 6.61 Å². The molecule has 24 heavy (non-hydrogen) atoms. The number of aliphatic carboxylic acids is 1. The van der Waals surface area contributed by atoms with Crippen molar-refractivity contribution in [2.75, 3.05) is 13.2 Å². The normalized spacial score (nSPS) is 16.1. The second-order valence-corrected chi connectivity index (χ2v) is 6.96. The van der Waals surface area contributed by atoms with E-state index in [2.05, 4.69) is 15.9 Å². The van der Waals surface area contributed by atoms with Gasteiger partial charge in [-0.2, -0.15) is 0 Å². The summed E-state index contributed by atoms with van der Waals surface area (Å²) in [4.78, 5) is 36.5. The van der Waals surface area contributed by atoms with Crippen LogP contribution in [0.4, 0.5) is 4.79 Å². The zero-order valence-electron chi connectivity index (χ0n) is 13.0. The van der Waals surface area contributed by atoms with Gasteiger partial charge in [-0.3, -0.25) is 14.5 Å². The molecule has 1 fully saturated rings. The molecule has 128 valence electrons. The fourth-order valence-electron chi connectivity index (χ4n) is 2.05. The van der Waals surface area contributed by atoms with Gasteiger partial charge in [0.2, 0.25) is 0 Å². The summed E-state index contributed by atoms with van der Waals surface area (Å²) in [6, 6.07) is 5.03. The zero-order chi connectivity index (χ0) is 17.7. The molecule has 1 aromatic rings. The second kappa shape index (κ2) is 8.34. The van der Waals surface area contributed by atoms with Gasteiger partial charge in [-0.15, -0.1) is 0 Å². The van der Waals surface area contributed by atoms with Crippen LogP contribution in [-0.4, -0.2) is 40.3 Å². The summed E-state index contributed by atoms with van der Waals surface area (Å²) in [5, 5.41) is 8.45. The summed E-state index contributed by atoms with van der Waals surface area (Å²) in [6.45, 7) is 1.91. The lowest BCUT2D eigenvalue weighted by molar-refractivity contribution is -0.139. The van der Waals surface area contributed by atoms with E-state index in [1.165, 1.54) is 4.90 Å². The minimum Gasteiger partial charge on any atom is -0.481 e. The third kappa shape index (κ3) is 4.61. The Kier molecular flexibility index (Phi) is 6.44. The minimum absolute atomic E-state index is 0.289. The molecule has 1 aromatic carbocycles. The number of hydrogen-bond acceptors (Lipinski definition) is 5. The molecule has 1 aliphatic heterocycles. The van der Waals surface area contributed by atoms with Crippen molar-refractivity contribution >= 4 is 50.9 Å². The third-order valence-electron chi connectivity index (χ3n) is 3.22. The molecule has 1 heterocycles. The highest BCUT2D eigenvalue weighted by Gasteiger charge is 2.34. The maximum absolute atomic E-state index is 12.4. The smallest absolute Gasteiger partial charge is 0.341 e. The lowest BCUT2D eigenvalue weighted by Crippen LogP contribution is -2.29. The molecule has 0 radical (unpaired) electrons. The van der Waals surface area contributed by atoms with Crippen LogP contribution in [0.15, 0.2) is 27.6 Å². The number of rotatable bonds is 7. The molecule has 0 saturated carbocycles. The van der Waals surface area contributed by atoms with Crippen LogP contribution in [0.5, 0.6) is 5.75 Å². The molecule has 0 bridgehead atoms. The first-order chi connectivity index (χ1) is 11.4. The molecule has 8 heteroatoms. The molecule has 0 unspecified atom stereocenters. The zero-order valence-corrected chi connectivity index (χ0v) is 15.4. The second-order valence-electron chi connectivity index (χ2n) is 5.05. The van der Waals surface area contributed by atoms with E-state index in [1.807, 2.05) is 6.92 Å². The van der Waals surface area contributed by atoms with E-state index in [-0.39, 0.29) is 11.1 Å². The number of halogens is 1. The predicted molar refractivity (Wildman–Crippen MR) is 94.9 cm³/mol. The third-order valence-corrected chi connectivity index (χ3v) is 4.62. The molecule has 1 saturated heterocycles. The van der Waals surface area contributed by atoms with Gasteiger partial charge >= 0.3 is 5.97 Å². The lowest BCUT2D eigenvalue weighted by atomic mass is 10.2. The summed E-state index contributed by atoms with van der Waals surface area (Å²) in [5.74, 6) is -1.09. The van der Waals surface area contributed by atoms with Crippen molar-refractivity contribution < 1.29 is 24.2 Å². The van der Waals surface area contributed by atoms with Crippen LogP contribution in [-0.2, 0) is 9.59 Å². The summed E-state index contributed by atoms with van der Waals surface area (Å²) >= 11 is 4.21. The van der Waals surface area contributed by atoms with Crippen LogP contribution in [0, 0.1) is 0 Å². The molecule has 2 rings (SSSR count). The van der Waals surface area contributed by atoms with E-state index in [0.717, 1.165) is 29.1 Å². The van der Waals surface area contributed by atoms with Crippen LogP contribution in [0.3, 0.4) is 0 Å². The number of amides is 2. The number of carboxylic acid groups (broad SMARTS) is 1. The molecule has 1 aliphatic rings. The van der Waals surface area contributed by atoms with E-state index in [1.54, 1.807) is 24.3 Å². The number of carbonyl (C=O) groups is 3. The van der Waals surface area contributed by atoms with E-state index in [0.29, 0.717) is 22.8 Å². The van der Waals surface area contributed by atoms with Gasteiger partial charge in [-0.05, 0) is 42.5 Å². The highest BCUT2D eigenvalue weighted by Crippen LogP contribution is 2.35. The van der Waals surface area contributed by atoms with Gasteiger partial charge in [-0.1, -0.05) is 29.3 Å². The SMILES string of the molecule is CCCCN1C(=O)S/C(=C\c2cc(Br)ccc2OCC(=O)O)C1=O. The summed E-state index contributed by atoms with van der Waals surface area (Å²) in [6.07, 6.45) is 3.20. The number of unbranched alkanes of at least 4 members (excludes halogenated alkanes) is 1. The van der Waals surface area contributed by atoms with Crippen molar-refractivity contribution in [3.8, 4) is 5.75 Å². The Morgan fingerprint density at radius 2 is 2.17 bits per heavy atom. The van der Waals surface area contributed by atoms with Crippen molar-refractivity contribution in [2.45, 2.75) is 19.8 Å². The van der Waals surface area contributed by atoms with Gasteiger partial charge in [0.05, 0.1) is 4.91 Å². The number of benzene rings is 1. The van der Waals surface area contributed by atoms with Gasteiger partial charge in [0.1, 0.15) is 5.75 Å². The highest BCUT2D eigenvalue weighted by atomic mass is 79.9. The molecular formula is C16H16BrNO5S. The quantitative estimate of drug-likeness (QED) is 0.685. The molecule has 0 spiro atoms. The first kappa shape index (κ1) is 18.5. The topological polar surface area (TPSA) is 83.9 Å². The Morgan fingerprint density at radius 3 is 2.83 bits per heavy atom. The Balaban J connectivity index is 2.27.